The van der Waals surface area contributed by atoms with E-state index in [-0.39, 0.29) is 6.03 Å². The van der Waals surface area contributed by atoms with E-state index in [2.05, 4.69) is 30.5 Å². The first-order valence-corrected chi connectivity index (χ1v) is 8.44. The van der Waals surface area contributed by atoms with Crippen LogP contribution in [0.25, 0.3) is 10.2 Å². The van der Waals surface area contributed by atoms with Crippen molar-refractivity contribution in [3.05, 3.63) is 24.0 Å². The van der Waals surface area contributed by atoms with Crippen LogP contribution in [0.4, 0.5) is 16.4 Å². The van der Waals surface area contributed by atoms with Crippen molar-refractivity contribution < 1.29 is 4.79 Å². The number of aromatic nitrogens is 5. The van der Waals surface area contributed by atoms with E-state index in [1.807, 2.05) is 11.4 Å². The summed E-state index contributed by atoms with van der Waals surface area (Å²) in [6.07, 6.45) is 3.26. The Bertz CT molecular complexity index is 866. The van der Waals surface area contributed by atoms with E-state index >= 15 is 0 Å². The van der Waals surface area contributed by atoms with Gasteiger partial charge in [0, 0.05) is 33.2 Å². The molecule has 3 aromatic rings. The fourth-order valence-electron chi connectivity index (χ4n) is 2.72. The number of piperazine rings is 1. The van der Waals surface area contributed by atoms with Crippen LogP contribution in [0.5, 0.6) is 0 Å². The Morgan fingerprint density at radius 3 is 2.83 bits per heavy atom. The zero-order valence-electron chi connectivity index (χ0n) is 13.1. The summed E-state index contributed by atoms with van der Waals surface area (Å²) in [6.45, 7) is 2.72. The first-order valence-electron chi connectivity index (χ1n) is 7.56. The van der Waals surface area contributed by atoms with Crippen LogP contribution in [-0.4, -0.2) is 62.1 Å². The predicted octanol–water partition coefficient (Wildman–Crippen LogP) is 1.17. The summed E-state index contributed by atoms with van der Waals surface area (Å²) in [7, 11) is 1.76. The van der Waals surface area contributed by atoms with Gasteiger partial charge in [-0.3, -0.25) is 10.00 Å². The molecule has 1 N–H and O–H groups in total. The number of carbonyl (C=O) groups is 1. The molecule has 0 radical (unpaired) electrons. The van der Waals surface area contributed by atoms with Gasteiger partial charge >= 0.3 is 6.03 Å². The number of rotatable bonds is 2. The van der Waals surface area contributed by atoms with Gasteiger partial charge in [0.25, 0.3) is 0 Å². The minimum Gasteiger partial charge on any atom is -0.352 e. The highest BCUT2D eigenvalue weighted by Crippen LogP contribution is 2.28. The number of fused-ring (bicyclic) bond motifs is 1. The number of thiophene rings is 1. The topological polar surface area (TPSA) is 92.1 Å². The summed E-state index contributed by atoms with van der Waals surface area (Å²) >= 11 is 1.64. The lowest BCUT2D eigenvalue weighted by Crippen LogP contribution is -2.50. The number of nitrogens with one attached hydrogen (secondary N) is 1. The number of amides is 2. The Morgan fingerprint density at radius 1 is 1.25 bits per heavy atom. The highest BCUT2D eigenvalue weighted by atomic mass is 32.1. The summed E-state index contributed by atoms with van der Waals surface area (Å²) in [4.78, 5) is 25.0. The molecule has 1 saturated heterocycles. The molecule has 4 rings (SSSR count). The molecule has 0 bridgehead atoms. The number of aryl methyl sites for hydroxylation is 1. The summed E-state index contributed by atoms with van der Waals surface area (Å²) in [5.74, 6) is 1.41. The van der Waals surface area contributed by atoms with E-state index in [0.29, 0.717) is 18.9 Å². The summed E-state index contributed by atoms with van der Waals surface area (Å²) in [5, 5.41) is 12.5. The quantitative estimate of drug-likeness (QED) is 0.750. The third-order valence-corrected chi connectivity index (χ3v) is 4.83. The lowest BCUT2D eigenvalue weighted by Gasteiger charge is -2.35. The van der Waals surface area contributed by atoms with Crippen molar-refractivity contribution in [1.82, 2.24) is 29.9 Å². The molecule has 0 aromatic carbocycles. The maximum Gasteiger partial charge on any atom is 0.323 e. The largest absolute Gasteiger partial charge is 0.352 e. The van der Waals surface area contributed by atoms with Crippen LogP contribution in [0.1, 0.15) is 0 Å². The molecule has 0 atom stereocenters. The van der Waals surface area contributed by atoms with Gasteiger partial charge in [-0.1, -0.05) is 5.21 Å². The second-order valence-corrected chi connectivity index (χ2v) is 6.43. The van der Waals surface area contributed by atoms with E-state index < -0.39 is 0 Å². The van der Waals surface area contributed by atoms with Crippen molar-refractivity contribution in [2.45, 2.75) is 0 Å². The first-order chi connectivity index (χ1) is 11.7. The number of urea groups is 1. The van der Waals surface area contributed by atoms with Gasteiger partial charge in [0.15, 0.2) is 5.82 Å². The summed E-state index contributed by atoms with van der Waals surface area (Å²) in [6, 6.07) is 1.84. The number of anilines is 2. The molecular formula is C14H16N8OS. The van der Waals surface area contributed by atoms with Crippen LogP contribution in [-0.2, 0) is 7.05 Å². The van der Waals surface area contributed by atoms with Crippen molar-refractivity contribution in [3.63, 3.8) is 0 Å². The van der Waals surface area contributed by atoms with Gasteiger partial charge in [-0.2, -0.15) is 0 Å². The van der Waals surface area contributed by atoms with Gasteiger partial charge in [-0.25, -0.2) is 14.8 Å². The fraction of sp³-hybridized carbons (Fsp3) is 0.357. The fourth-order valence-corrected chi connectivity index (χ4v) is 3.58. The molecule has 124 valence electrons. The highest BCUT2D eigenvalue weighted by molar-refractivity contribution is 7.17. The minimum atomic E-state index is -0.154. The van der Waals surface area contributed by atoms with Gasteiger partial charge in [0.1, 0.15) is 12.1 Å². The van der Waals surface area contributed by atoms with Crippen molar-refractivity contribution in [2.24, 2.45) is 7.05 Å². The van der Waals surface area contributed by atoms with Crippen molar-refractivity contribution in [3.8, 4) is 0 Å². The first kappa shape index (κ1) is 14.8. The van der Waals surface area contributed by atoms with Crippen LogP contribution in [0.3, 0.4) is 0 Å². The second kappa shape index (κ2) is 6.04. The number of carbonyl (C=O) groups excluding carboxylic acids is 1. The van der Waals surface area contributed by atoms with Crippen molar-refractivity contribution in [1.29, 1.82) is 0 Å². The third kappa shape index (κ3) is 2.75. The van der Waals surface area contributed by atoms with E-state index in [1.165, 1.54) is 0 Å². The molecule has 1 fully saturated rings. The van der Waals surface area contributed by atoms with E-state index in [1.54, 1.807) is 40.5 Å². The van der Waals surface area contributed by atoms with Gasteiger partial charge in [-0.05, 0) is 11.4 Å². The highest BCUT2D eigenvalue weighted by Gasteiger charge is 2.23. The maximum atomic E-state index is 12.3. The lowest BCUT2D eigenvalue weighted by atomic mass is 10.3. The molecule has 2 amide bonds. The number of hydrogen-bond donors (Lipinski definition) is 1. The molecule has 1 aliphatic heterocycles. The zero-order chi connectivity index (χ0) is 16.5. The monoisotopic (exact) mass is 344 g/mol. The Kier molecular flexibility index (Phi) is 3.73. The number of nitrogens with zero attached hydrogens (tertiary/aromatic N) is 7. The molecule has 9 nitrogen and oxygen atoms in total. The van der Waals surface area contributed by atoms with Gasteiger partial charge in [0.05, 0.1) is 16.4 Å². The molecule has 1 aliphatic rings. The van der Waals surface area contributed by atoms with Crippen molar-refractivity contribution >= 4 is 39.2 Å². The Morgan fingerprint density at radius 2 is 2.08 bits per heavy atom. The van der Waals surface area contributed by atoms with Crippen LogP contribution < -0.4 is 10.2 Å². The Hall–Kier alpha value is -2.75. The maximum absolute atomic E-state index is 12.3. The summed E-state index contributed by atoms with van der Waals surface area (Å²) in [5.41, 5.74) is 0.966. The van der Waals surface area contributed by atoms with E-state index in [9.17, 15) is 4.79 Å². The van der Waals surface area contributed by atoms with E-state index in [4.69, 9.17) is 0 Å². The van der Waals surface area contributed by atoms with Gasteiger partial charge < -0.3 is 9.80 Å². The number of hydrogen-bond acceptors (Lipinski definition) is 7. The van der Waals surface area contributed by atoms with Crippen LogP contribution in [0.2, 0.25) is 0 Å². The molecule has 0 unspecified atom stereocenters. The SMILES string of the molecule is Cn1cc(NC(=O)N2CCN(c3ncnc4ccsc34)CC2)nn1. The predicted molar refractivity (Wildman–Crippen MR) is 91.2 cm³/mol. The second-order valence-electron chi connectivity index (χ2n) is 5.51. The molecule has 10 heteroatoms. The van der Waals surface area contributed by atoms with Crippen LogP contribution in [0, 0.1) is 0 Å². The minimum absolute atomic E-state index is 0.154. The zero-order valence-corrected chi connectivity index (χ0v) is 13.9. The Balaban J connectivity index is 1.41. The average Bonchev–Trinajstić information content (AvgIpc) is 3.23. The normalized spacial score (nSPS) is 15.0. The molecule has 0 aliphatic carbocycles. The molecule has 0 saturated carbocycles. The van der Waals surface area contributed by atoms with Crippen LogP contribution in [0.15, 0.2) is 24.0 Å². The summed E-state index contributed by atoms with van der Waals surface area (Å²) < 4.78 is 2.64. The van der Waals surface area contributed by atoms with Crippen molar-refractivity contribution in [2.75, 3.05) is 36.4 Å². The molecule has 4 heterocycles. The lowest BCUT2D eigenvalue weighted by molar-refractivity contribution is 0.208. The van der Waals surface area contributed by atoms with Gasteiger partial charge in [-0.15, -0.1) is 16.4 Å². The molecular weight excluding hydrogens is 328 g/mol. The molecule has 24 heavy (non-hydrogen) atoms. The standard InChI is InChI=1S/C14H16N8OS/c1-20-8-11(18-19-20)17-14(23)22-5-3-21(4-6-22)13-12-10(2-7-24-12)15-9-16-13/h2,7-9H,3-6H2,1H3,(H,17,23). The molecule has 3 aromatic heterocycles. The Labute approximate surface area is 141 Å². The molecule has 0 spiro atoms. The average molecular weight is 344 g/mol. The van der Waals surface area contributed by atoms with Gasteiger partial charge in [0.2, 0.25) is 0 Å². The van der Waals surface area contributed by atoms with Crippen LogP contribution >= 0.6 is 11.3 Å². The third-order valence-electron chi connectivity index (χ3n) is 3.93. The smallest absolute Gasteiger partial charge is 0.323 e. The van der Waals surface area contributed by atoms with E-state index in [0.717, 1.165) is 29.1 Å².